The van der Waals surface area contributed by atoms with E-state index >= 15 is 0 Å². The monoisotopic (exact) mass is 294 g/mol. The molecule has 0 aliphatic heterocycles. The molecule has 0 bridgehead atoms. The van der Waals surface area contributed by atoms with Crippen LogP contribution in [0.4, 0.5) is 5.69 Å². The molecule has 1 aromatic carbocycles. The van der Waals surface area contributed by atoms with Gasteiger partial charge in [-0.15, -0.1) is 0 Å². The molecule has 1 aromatic rings. The Morgan fingerprint density at radius 3 is 2.50 bits per heavy atom. The molecule has 1 amide bonds. The fourth-order valence-electron chi connectivity index (χ4n) is 1.64. The smallest absolute Gasteiger partial charge is 0.335 e. The second kappa shape index (κ2) is 7.00. The number of hydrogen-bond acceptors (Lipinski definition) is 3. The zero-order chi connectivity index (χ0) is 15.3. The number of rotatable bonds is 4. The summed E-state index contributed by atoms with van der Waals surface area (Å²) in [5.41, 5.74) is 1.62. The standard InChI is InChI=1S/C14H18N2O3S/c1-8(2)6-12(17)16-14(20)15-11-5-4-10(13(18)19)7-9(11)3/h4-5,7-8H,6H2,1-3H3,(H,18,19)(H2,15,16,17,20). The second-order valence-corrected chi connectivity index (χ2v) is 5.34. The highest BCUT2D eigenvalue weighted by Gasteiger charge is 2.09. The van der Waals surface area contributed by atoms with Gasteiger partial charge in [0, 0.05) is 12.1 Å². The van der Waals surface area contributed by atoms with Crippen LogP contribution >= 0.6 is 12.2 Å². The number of carbonyl (C=O) groups excluding carboxylic acids is 1. The van der Waals surface area contributed by atoms with Crippen LogP contribution in [0, 0.1) is 12.8 Å². The summed E-state index contributed by atoms with van der Waals surface area (Å²) in [5.74, 6) is -0.862. The largest absolute Gasteiger partial charge is 0.478 e. The molecule has 108 valence electrons. The molecule has 0 fully saturated rings. The van der Waals surface area contributed by atoms with Crippen LogP contribution in [0.25, 0.3) is 0 Å². The summed E-state index contributed by atoms with van der Waals surface area (Å²) in [5, 5.41) is 14.6. The van der Waals surface area contributed by atoms with Crippen molar-refractivity contribution in [2.24, 2.45) is 5.92 Å². The van der Waals surface area contributed by atoms with Gasteiger partial charge in [-0.25, -0.2) is 4.79 Å². The number of aromatic carboxylic acids is 1. The molecule has 6 heteroatoms. The van der Waals surface area contributed by atoms with Crippen LogP contribution in [-0.2, 0) is 4.79 Å². The molecule has 0 heterocycles. The maximum Gasteiger partial charge on any atom is 0.335 e. The van der Waals surface area contributed by atoms with E-state index in [1.165, 1.54) is 6.07 Å². The number of amides is 1. The first-order valence-electron chi connectivity index (χ1n) is 6.24. The molecule has 1 rings (SSSR count). The van der Waals surface area contributed by atoms with E-state index in [-0.39, 0.29) is 22.5 Å². The number of anilines is 1. The van der Waals surface area contributed by atoms with E-state index in [0.29, 0.717) is 12.1 Å². The lowest BCUT2D eigenvalue weighted by Gasteiger charge is -2.12. The van der Waals surface area contributed by atoms with Crippen LogP contribution in [-0.4, -0.2) is 22.1 Å². The number of thiocarbonyl (C=S) groups is 1. The summed E-state index contributed by atoms with van der Waals surface area (Å²) in [6.07, 6.45) is 0.402. The van der Waals surface area contributed by atoms with Gasteiger partial charge in [0.1, 0.15) is 0 Å². The van der Waals surface area contributed by atoms with Crippen molar-refractivity contribution < 1.29 is 14.7 Å². The molecule has 0 saturated heterocycles. The van der Waals surface area contributed by atoms with Crippen molar-refractivity contribution in [1.82, 2.24) is 5.32 Å². The van der Waals surface area contributed by atoms with Gasteiger partial charge in [0.15, 0.2) is 5.11 Å². The van der Waals surface area contributed by atoms with Gasteiger partial charge in [-0.05, 0) is 48.8 Å². The number of benzene rings is 1. The molecular formula is C14H18N2O3S. The number of carbonyl (C=O) groups is 2. The first-order chi connectivity index (χ1) is 9.29. The molecule has 0 spiro atoms. The molecule has 5 nitrogen and oxygen atoms in total. The van der Waals surface area contributed by atoms with Crippen LogP contribution in [0.1, 0.15) is 36.2 Å². The third kappa shape index (κ3) is 4.97. The van der Waals surface area contributed by atoms with E-state index in [1.807, 2.05) is 13.8 Å². The third-order valence-corrected chi connectivity index (χ3v) is 2.77. The summed E-state index contributed by atoms with van der Waals surface area (Å²) in [6.45, 7) is 5.67. The highest BCUT2D eigenvalue weighted by Crippen LogP contribution is 2.16. The first-order valence-corrected chi connectivity index (χ1v) is 6.65. The van der Waals surface area contributed by atoms with E-state index in [2.05, 4.69) is 10.6 Å². The highest BCUT2D eigenvalue weighted by molar-refractivity contribution is 7.80. The Morgan fingerprint density at radius 1 is 1.35 bits per heavy atom. The van der Waals surface area contributed by atoms with E-state index < -0.39 is 5.97 Å². The predicted molar refractivity (Wildman–Crippen MR) is 82.0 cm³/mol. The van der Waals surface area contributed by atoms with Gasteiger partial charge in [0.2, 0.25) is 5.91 Å². The molecule has 0 atom stereocenters. The van der Waals surface area contributed by atoms with Crippen molar-refractivity contribution in [3.05, 3.63) is 29.3 Å². The molecular weight excluding hydrogens is 276 g/mol. The Labute approximate surface area is 123 Å². The SMILES string of the molecule is Cc1cc(C(=O)O)ccc1NC(=S)NC(=O)CC(C)C. The third-order valence-electron chi connectivity index (χ3n) is 2.57. The zero-order valence-electron chi connectivity index (χ0n) is 11.7. The number of hydrogen-bond donors (Lipinski definition) is 3. The Balaban J connectivity index is 2.67. The average Bonchev–Trinajstić information content (AvgIpc) is 2.30. The minimum absolute atomic E-state index is 0.141. The minimum Gasteiger partial charge on any atom is -0.478 e. The number of carboxylic acid groups (broad SMARTS) is 1. The summed E-state index contributed by atoms with van der Waals surface area (Å²) in [4.78, 5) is 22.4. The molecule has 20 heavy (non-hydrogen) atoms. The summed E-state index contributed by atoms with van der Waals surface area (Å²) < 4.78 is 0. The van der Waals surface area contributed by atoms with E-state index in [4.69, 9.17) is 17.3 Å². The number of nitrogens with one attached hydrogen (secondary N) is 2. The molecule has 0 saturated carbocycles. The van der Waals surface area contributed by atoms with E-state index in [9.17, 15) is 9.59 Å². The van der Waals surface area contributed by atoms with Crippen LogP contribution < -0.4 is 10.6 Å². The first kappa shape index (κ1) is 16.1. The van der Waals surface area contributed by atoms with Crippen molar-refractivity contribution in [3.8, 4) is 0 Å². The van der Waals surface area contributed by atoms with Crippen LogP contribution in [0.5, 0.6) is 0 Å². The zero-order valence-corrected chi connectivity index (χ0v) is 12.5. The fraction of sp³-hybridized carbons (Fsp3) is 0.357. The molecule has 0 aromatic heterocycles. The Hall–Kier alpha value is -1.95. The molecule has 0 unspecified atom stereocenters. The van der Waals surface area contributed by atoms with Gasteiger partial charge in [-0.2, -0.15) is 0 Å². The van der Waals surface area contributed by atoms with E-state index in [1.54, 1.807) is 19.1 Å². The van der Waals surface area contributed by atoms with Gasteiger partial charge in [-0.1, -0.05) is 13.8 Å². The quantitative estimate of drug-likeness (QED) is 0.744. The van der Waals surface area contributed by atoms with Gasteiger partial charge >= 0.3 is 5.97 Å². The highest BCUT2D eigenvalue weighted by atomic mass is 32.1. The lowest BCUT2D eigenvalue weighted by atomic mass is 10.1. The summed E-state index contributed by atoms with van der Waals surface area (Å²) >= 11 is 5.05. The Morgan fingerprint density at radius 2 is 2.00 bits per heavy atom. The van der Waals surface area contributed by atoms with Crippen LogP contribution in [0.3, 0.4) is 0 Å². The Kier molecular flexibility index (Phi) is 5.64. The maximum atomic E-state index is 11.6. The van der Waals surface area contributed by atoms with E-state index in [0.717, 1.165) is 5.56 Å². The van der Waals surface area contributed by atoms with Crippen molar-refractivity contribution >= 4 is 34.9 Å². The van der Waals surface area contributed by atoms with Crippen molar-refractivity contribution in [1.29, 1.82) is 0 Å². The van der Waals surface area contributed by atoms with Gasteiger partial charge < -0.3 is 15.7 Å². The Bertz CT molecular complexity index is 541. The predicted octanol–water partition coefficient (Wildman–Crippen LogP) is 2.55. The van der Waals surface area contributed by atoms with Crippen molar-refractivity contribution in [3.63, 3.8) is 0 Å². The van der Waals surface area contributed by atoms with Gasteiger partial charge in [-0.3, -0.25) is 4.79 Å². The molecule has 3 N–H and O–H groups in total. The van der Waals surface area contributed by atoms with Gasteiger partial charge in [0.05, 0.1) is 5.56 Å². The average molecular weight is 294 g/mol. The fourth-order valence-corrected chi connectivity index (χ4v) is 1.86. The molecule has 0 aliphatic carbocycles. The van der Waals surface area contributed by atoms with Crippen molar-refractivity contribution in [2.45, 2.75) is 27.2 Å². The normalized spacial score (nSPS) is 10.2. The summed E-state index contributed by atoms with van der Waals surface area (Å²) in [7, 11) is 0. The van der Waals surface area contributed by atoms with Gasteiger partial charge in [0.25, 0.3) is 0 Å². The molecule has 0 radical (unpaired) electrons. The van der Waals surface area contributed by atoms with Crippen LogP contribution in [0.15, 0.2) is 18.2 Å². The topological polar surface area (TPSA) is 78.4 Å². The maximum absolute atomic E-state index is 11.6. The number of aryl methyl sites for hydroxylation is 1. The summed E-state index contributed by atoms with van der Waals surface area (Å²) in [6, 6.07) is 4.65. The minimum atomic E-state index is -0.979. The van der Waals surface area contributed by atoms with Crippen molar-refractivity contribution in [2.75, 3.05) is 5.32 Å². The lowest BCUT2D eigenvalue weighted by Crippen LogP contribution is -2.34. The lowest BCUT2D eigenvalue weighted by molar-refractivity contribution is -0.120. The van der Waals surface area contributed by atoms with Crippen LogP contribution in [0.2, 0.25) is 0 Å². The second-order valence-electron chi connectivity index (χ2n) is 4.94. The molecule has 0 aliphatic rings. The number of carboxylic acids is 1.